The fourth-order valence-corrected chi connectivity index (χ4v) is 0.281. The maximum Gasteiger partial charge on any atom is 0.391 e. The van der Waals surface area contributed by atoms with Crippen molar-refractivity contribution in [1.29, 1.82) is 0 Å². The SMILES string of the molecule is C#[N+]CC(=O)OCC.CC. The molecule has 0 aromatic rings. The zero-order valence-electron chi connectivity index (χ0n) is 6.76. The van der Waals surface area contributed by atoms with E-state index in [-0.39, 0.29) is 12.5 Å². The Morgan fingerprint density at radius 1 is 1.60 bits per heavy atom. The summed E-state index contributed by atoms with van der Waals surface area (Å²) in [5.41, 5.74) is 0. The van der Waals surface area contributed by atoms with E-state index in [1.165, 1.54) is 0 Å². The van der Waals surface area contributed by atoms with Gasteiger partial charge in [0.15, 0.2) is 0 Å². The van der Waals surface area contributed by atoms with Gasteiger partial charge in [-0.3, -0.25) is 0 Å². The monoisotopic (exact) mass is 144 g/mol. The molecule has 0 N–H and O–H groups in total. The largest absolute Gasteiger partial charge is 0.460 e. The average Bonchev–Trinajstić information content (AvgIpc) is 1.93. The second kappa shape index (κ2) is 10.9. The molecule has 58 valence electrons. The van der Waals surface area contributed by atoms with Gasteiger partial charge in [-0.2, -0.15) is 0 Å². The van der Waals surface area contributed by atoms with Crippen molar-refractivity contribution >= 4 is 5.97 Å². The summed E-state index contributed by atoms with van der Waals surface area (Å²) in [4.78, 5) is 13.3. The lowest BCUT2D eigenvalue weighted by Gasteiger charge is -1.89. The number of hydrogen-bond donors (Lipinski definition) is 0. The molecule has 0 spiro atoms. The molecule has 0 bridgehead atoms. The van der Waals surface area contributed by atoms with Gasteiger partial charge < -0.3 is 4.74 Å². The zero-order valence-corrected chi connectivity index (χ0v) is 6.76. The lowest BCUT2D eigenvalue weighted by Crippen LogP contribution is -2.05. The van der Waals surface area contributed by atoms with Gasteiger partial charge in [0.05, 0.1) is 6.61 Å². The van der Waals surface area contributed by atoms with Crippen molar-refractivity contribution < 1.29 is 9.53 Å². The summed E-state index contributed by atoms with van der Waals surface area (Å²) in [6, 6.07) is 0. The Hall–Kier alpha value is -1.04. The van der Waals surface area contributed by atoms with Gasteiger partial charge in [-0.25, -0.2) is 4.79 Å². The van der Waals surface area contributed by atoms with Crippen molar-refractivity contribution in [3.8, 4) is 6.57 Å². The Balaban J connectivity index is 0. The first-order chi connectivity index (χ1) is 4.81. The predicted octanol–water partition coefficient (Wildman–Crippen LogP) is 1.54. The Bertz CT molecular complexity index is 115. The van der Waals surface area contributed by atoms with E-state index in [4.69, 9.17) is 0 Å². The van der Waals surface area contributed by atoms with Crippen LogP contribution in [0.3, 0.4) is 0 Å². The van der Waals surface area contributed by atoms with Crippen molar-refractivity contribution in [3.63, 3.8) is 0 Å². The summed E-state index contributed by atoms with van der Waals surface area (Å²) >= 11 is 0. The van der Waals surface area contributed by atoms with Gasteiger partial charge in [0.25, 0.3) is 6.57 Å². The molecule has 0 aromatic carbocycles. The van der Waals surface area contributed by atoms with E-state index in [2.05, 4.69) is 16.2 Å². The van der Waals surface area contributed by atoms with Crippen LogP contribution in [0, 0.1) is 6.57 Å². The van der Waals surface area contributed by atoms with E-state index in [0.29, 0.717) is 6.61 Å². The van der Waals surface area contributed by atoms with Gasteiger partial charge in [0, 0.05) is 0 Å². The van der Waals surface area contributed by atoms with Crippen molar-refractivity contribution in [3.05, 3.63) is 4.85 Å². The van der Waals surface area contributed by atoms with Crippen LogP contribution in [0.1, 0.15) is 20.8 Å². The van der Waals surface area contributed by atoms with Gasteiger partial charge in [0.1, 0.15) is 0 Å². The molecule has 0 aliphatic carbocycles. The van der Waals surface area contributed by atoms with Gasteiger partial charge >= 0.3 is 12.5 Å². The highest BCUT2D eigenvalue weighted by atomic mass is 16.5. The molecule has 0 aromatic heterocycles. The minimum absolute atomic E-state index is 0.0478. The molecule has 10 heavy (non-hydrogen) atoms. The summed E-state index contributed by atoms with van der Waals surface area (Å²) < 4.78 is 4.47. The van der Waals surface area contributed by atoms with Crippen LogP contribution in [0.4, 0.5) is 0 Å². The summed E-state index contributed by atoms with van der Waals surface area (Å²) in [5.74, 6) is -0.380. The number of carbonyl (C=O) groups excluding carboxylic acids is 1. The number of esters is 1. The number of rotatable bonds is 2. The van der Waals surface area contributed by atoms with Gasteiger partial charge in [-0.1, -0.05) is 18.7 Å². The second-order valence-electron chi connectivity index (χ2n) is 1.15. The minimum atomic E-state index is -0.380. The second-order valence-corrected chi connectivity index (χ2v) is 1.15. The molecule has 0 unspecified atom stereocenters. The molecule has 0 radical (unpaired) electrons. The highest BCUT2D eigenvalue weighted by molar-refractivity contribution is 5.73. The van der Waals surface area contributed by atoms with E-state index in [1.807, 2.05) is 13.8 Å². The standard InChI is InChI=1S/C5H8NO2.C2H6/c1-3-8-5(7)4-6-2;1-2/h2H,3-4H2,1H3;1-2H3/q+1;. The molecule has 3 heteroatoms. The van der Waals surface area contributed by atoms with Crippen LogP contribution < -0.4 is 0 Å². The third-order valence-electron chi connectivity index (χ3n) is 0.526. The highest BCUT2D eigenvalue weighted by Gasteiger charge is 2.03. The third-order valence-corrected chi connectivity index (χ3v) is 0.526. The van der Waals surface area contributed by atoms with Crippen LogP contribution >= 0.6 is 0 Å². The first-order valence-electron chi connectivity index (χ1n) is 3.33. The molecular formula is C7H14NO2+. The molecule has 0 amide bonds. The highest BCUT2D eigenvalue weighted by Crippen LogP contribution is 1.76. The third kappa shape index (κ3) is 10.0. The molecule has 3 nitrogen and oxygen atoms in total. The summed E-state index contributed by atoms with van der Waals surface area (Å²) in [5, 5.41) is 0. The summed E-state index contributed by atoms with van der Waals surface area (Å²) in [6.07, 6.45) is 0. The molecular weight excluding hydrogens is 130 g/mol. The topological polar surface area (TPSA) is 30.7 Å². The van der Waals surface area contributed by atoms with Crippen LogP contribution in [0.25, 0.3) is 4.85 Å². The molecule has 0 aliphatic rings. The van der Waals surface area contributed by atoms with Crippen LogP contribution in [0.5, 0.6) is 0 Å². The molecule has 0 atom stereocenters. The van der Waals surface area contributed by atoms with Crippen molar-refractivity contribution in [2.24, 2.45) is 0 Å². The Labute approximate surface area is 61.8 Å². The van der Waals surface area contributed by atoms with Crippen LogP contribution in [0.2, 0.25) is 0 Å². The quantitative estimate of drug-likeness (QED) is 0.550. The summed E-state index contributed by atoms with van der Waals surface area (Å²) in [7, 11) is 0. The number of ether oxygens (including phenoxy) is 1. The van der Waals surface area contributed by atoms with Gasteiger partial charge in [0.2, 0.25) is 0 Å². The smallest absolute Gasteiger partial charge is 0.391 e. The van der Waals surface area contributed by atoms with E-state index >= 15 is 0 Å². The van der Waals surface area contributed by atoms with E-state index in [1.54, 1.807) is 6.92 Å². The maximum atomic E-state index is 10.2. The maximum absolute atomic E-state index is 10.2. The number of nitrogens with zero attached hydrogens (tertiary/aromatic N) is 1. The van der Waals surface area contributed by atoms with Crippen LogP contribution in [0.15, 0.2) is 0 Å². The van der Waals surface area contributed by atoms with Crippen molar-refractivity contribution in [1.82, 2.24) is 0 Å². The van der Waals surface area contributed by atoms with Gasteiger partial charge in [-0.05, 0) is 6.92 Å². The van der Waals surface area contributed by atoms with Crippen molar-refractivity contribution in [2.75, 3.05) is 13.2 Å². The molecule has 0 heterocycles. The fraction of sp³-hybridized carbons (Fsp3) is 0.714. The summed E-state index contributed by atoms with van der Waals surface area (Å²) in [6.45, 7) is 10.7. The van der Waals surface area contributed by atoms with E-state index < -0.39 is 0 Å². The van der Waals surface area contributed by atoms with Gasteiger partial charge in [-0.15, -0.1) is 0 Å². The molecule has 0 saturated heterocycles. The van der Waals surface area contributed by atoms with E-state index in [9.17, 15) is 4.79 Å². The normalized spacial score (nSPS) is 6.60. The minimum Gasteiger partial charge on any atom is -0.460 e. The van der Waals surface area contributed by atoms with E-state index in [0.717, 1.165) is 0 Å². The predicted molar refractivity (Wildman–Crippen MR) is 41.2 cm³/mol. The molecule has 0 fully saturated rings. The molecule has 0 rings (SSSR count). The molecule has 0 aliphatic heterocycles. The Morgan fingerprint density at radius 3 is 2.40 bits per heavy atom. The van der Waals surface area contributed by atoms with Crippen LogP contribution in [-0.4, -0.2) is 19.1 Å². The van der Waals surface area contributed by atoms with Crippen molar-refractivity contribution in [2.45, 2.75) is 20.8 Å². The first-order valence-corrected chi connectivity index (χ1v) is 3.33. The number of hydrogen-bond acceptors (Lipinski definition) is 2. The molecule has 0 saturated carbocycles. The zero-order chi connectivity index (χ0) is 8.41. The number of carbonyl (C=O) groups is 1. The Morgan fingerprint density at radius 2 is 2.10 bits per heavy atom. The lowest BCUT2D eigenvalue weighted by atomic mass is 10.7. The Kier molecular flexibility index (Phi) is 12.7. The van der Waals surface area contributed by atoms with Crippen LogP contribution in [-0.2, 0) is 9.53 Å². The lowest BCUT2D eigenvalue weighted by molar-refractivity contribution is -0.140. The fourth-order valence-electron chi connectivity index (χ4n) is 0.281. The first kappa shape index (κ1) is 11.7. The average molecular weight is 144 g/mol.